The number of aliphatic imine (C=N–C) groups is 2. The molecule has 0 fully saturated rings. The van der Waals surface area contributed by atoms with Crippen molar-refractivity contribution in [3.63, 3.8) is 0 Å². The van der Waals surface area contributed by atoms with Gasteiger partial charge >= 0.3 is 17.9 Å². The molecular weight excluding hydrogens is 1560 g/mol. The molecule has 0 aromatic heterocycles. The highest BCUT2D eigenvalue weighted by Gasteiger charge is 2.39. The van der Waals surface area contributed by atoms with Crippen molar-refractivity contribution in [3.8, 4) is 0 Å². The molecule has 0 rings (SSSR count). The molecule has 664 valence electrons. The molecule has 0 aromatic rings. The van der Waals surface area contributed by atoms with Gasteiger partial charge in [-0.25, -0.2) is 4.79 Å². The van der Waals surface area contributed by atoms with Crippen LogP contribution in [0.1, 0.15) is 159 Å². The number of aliphatic carboxylic acids is 3. The molecular formula is C69H119N25O24. The number of primary amides is 3. The first-order valence-corrected chi connectivity index (χ1v) is 37.8. The molecule has 0 spiro atoms. The first-order chi connectivity index (χ1) is 55.0. The molecule has 0 saturated heterocycles. The summed E-state index contributed by atoms with van der Waals surface area (Å²) in [6.45, 7) is 12.6. The van der Waals surface area contributed by atoms with Crippen LogP contribution in [0.4, 0.5) is 0 Å². The summed E-state index contributed by atoms with van der Waals surface area (Å²) in [5.41, 5.74) is 42.9. The Kier molecular flexibility index (Phi) is 48.4. The first-order valence-electron chi connectivity index (χ1n) is 37.8. The Morgan fingerprint density at radius 3 is 1.09 bits per heavy atom. The topological polar surface area (TPSA) is 832 Å². The second-order valence-electron chi connectivity index (χ2n) is 28.5. The number of carbonyl (C=O) groups is 21. The molecule has 0 aliphatic carbocycles. The van der Waals surface area contributed by atoms with Gasteiger partial charge in [-0.15, -0.1) is 0 Å². The number of nitrogens with zero attached hydrogens (tertiary/aromatic N) is 2. The zero-order chi connectivity index (χ0) is 90.5. The molecule has 49 heteroatoms. The van der Waals surface area contributed by atoms with E-state index in [2.05, 4.69) is 79.1 Å². The third kappa shape index (κ3) is 42.7. The average molecular weight is 1680 g/mol. The fraction of sp³-hybridized carbons (Fsp3) is 0.667. The first kappa shape index (κ1) is 105. The standard InChI is InChI=1S/C69H119N25O24/c1-11-32(7)53(65(115)83-34(9)55(105)80-28-49(100)86-42(25-50(101)102)62(112)90-43(26-51(103)104)63(113)94-54(33(8)12-2)66(116)91-41(24-46(73)97)61(111)88-39(67(117)118)16-14-22-79-69(76)77)93-56(106)35(10)82-60(110)40(23-30(3)4)89-58(108)38(18-20-45(72)96)87-57(107)36(15-13-21-78-68(74)75)85-48(99)29-81-64(114)52(31(5)6)92-59(109)37(17-19-44(71)95)84-47(98)27-70/h30-43,52-54H,11-29,70H2,1-10H3,(H2,71,95)(H2,72,96)(H2,73,97)(H,80,105)(H,81,114)(H,82,110)(H,83,115)(H,84,98)(H,85,99)(H,86,100)(H,87,107)(H,88,111)(H,89,108)(H,90,112)(H,91,116)(H,92,109)(H,93,106)(H,94,113)(H,101,102)(H,103,104)(H,117,118)(H4,74,75,78)(H4,76,77,79)/t32-,33-,34-,35-,36-,37-,38-,39-,40-,41-,42-,43-,52-,53-,54-/m0/s1. The van der Waals surface area contributed by atoms with Gasteiger partial charge in [-0.2, -0.15) is 0 Å². The molecule has 18 amide bonds. The van der Waals surface area contributed by atoms with Crippen LogP contribution in [0.25, 0.3) is 0 Å². The number of nitrogens with one attached hydrogen (secondary N) is 15. The van der Waals surface area contributed by atoms with Gasteiger partial charge in [0.15, 0.2) is 11.9 Å². The maximum atomic E-state index is 14.2. The van der Waals surface area contributed by atoms with Crippen molar-refractivity contribution in [2.45, 2.75) is 238 Å². The maximum Gasteiger partial charge on any atom is 0.326 e. The van der Waals surface area contributed by atoms with E-state index >= 15 is 0 Å². The second-order valence-corrected chi connectivity index (χ2v) is 28.5. The van der Waals surface area contributed by atoms with Crippen molar-refractivity contribution < 1.29 is 116 Å². The summed E-state index contributed by atoms with van der Waals surface area (Å²) in [5.74, 6) is -26.9. The number of carboxylic acid groups (broad SMARTS) is 3. The van der Waals surface area contributed by atoms with Gasteiger partial charge in [-0.1, -0.05) is 68.2 Å². The number of hydrogen-bond acceptors (Lipinski definition) is 24. The Bertz CT molecular complexity index is 3610. The van der Waals surface area contributed by atoms with E-state index in [0.29, 0.717) is 0 Å². The van der Waals surface area contributed by atoms with E-state index in [-0.39, 0.29) is 88.7 Å². The van der Waals surface area contributed by atoms with Crippen molar-refractivity contribution in [1.82, 2.24) is 79.8 Å². The summed E-state index contributed by atoms with van der Waals surface area (Å²) in [7, 11) is 0. The van der Waals surface area contributed by atoms with E-state index in [0.717, 1.165) is 6.92 Å². The highest BCUT2D eigenvalue weighted by molar-refractivity contribution is 6.02. The zero-order valence-electron chi connectivity index (χ0n) is 67.7. The van der Waals surface area contributed by atoms with Gasteiger partial charge in [0.05, 0.1) is 38.9 Å². The zero-order valence-corrected chi connectivity index (χ0v) is 67.7. The van der Waals surface area contributed by atoms with Crippen molar-refractivity contribution in [1.29, 1.82) is 0 Å². The Balaban J connectivity index is 6.53. The highest BCUT2D eigenvalue weighted by atomic mass is 16.4. The molecule has 34 N–H and O–H groups in total. The van der Waals surface area contributed by atoms with Crippen LogP contribution in [0.5, 0.6) is 0 Å². The lowest BCUT2D eigenvalue weighted by Gasteiger charge is -2.28. The predicted molar refractivity (Wildman–Crippen MR) is 417 cm³/mol. The molecule has 0 aliphatic heterocycles. The van der Waals surface area contributed by atoms with Gasteiger partial charge < -0.3 is 141 Å². The lowest BCUT2D eigenvalue weighted by atomic mass is 9.97. The lowest BCUT2D eigenvalue weighted by Crippen LogP contribution is -2.61. The van der Waals surface area contributed by atoms with E-state index in [1.807, 2.05) is 10.6 Å². The fourth-order valence-corrected chi connectivity index (χ4v) is 10.7. The minimum Gasteiger partial charge on any atom is -0.481 e. The van der Waals surface area contributed by atoms with Crippen LogP contribution in [0.2, 0.25) is 0 Å². The van der Waals surface area contributed by atoms with Gasteiger partial charge in [0.1, 0.15) is 78.5 Å². The molecule has 0 bridgehead atoms. The van der Waals surface area contributed by atoms with Crippen molar-refractivity contribution in [3.05, 3.63) is 0 Å². The van der Waals surface area contributed by atoms with E-state index < -0.39 is 272 Å². The number of guanidine groups is 2. The number of carbonyl (C=O) groups excluding carboxylic acids is 18. The van der Waals surface area contributed by atoms with Gasteiger partial charge in [0.25, 0.3) is 0 Å². The maximum absolute atomic E-state index is 14.2. The molecule has 0 saturated carbocycles. The fourth-order valence-electron chi connectivity index (χ4n) is 10.7. The van der Waals surface area contributed by atoms with Gasteiger partial charge in [-0.05, 0) is 82.5 Å². The van der Waals surface area contributed by atoms with E-state index in [1.54, 1.807) is 48.5 Å². The van der Waals surface area contributed by atoms with Crippen molar-refractivity contribution >= 4 is 136 Å². The molecule has 0 radical (unpaired) electrons. The number of amides is 18. The van der Waals surface area contributed by atoms with Gasteiger partial charge in [-0.3, -0.25) is 106 Å². The largest absolute Gasteiger partial charge is 0.481 e. The van der Waals surface area contributed by atoms with E-state index in [9.17, 15) is 116 Å². The van der Waals surface area contributed by atoms with Crippen LogP contribution in [0.3, 0.4) is 0 Å². The Labute approximate surface area is 679 Å². The summed E-state index contributed by atoms with van der Waals surface area (Å²) in [6.07, 6.45) is -5.01. The Morgan fingerprint density at radius 2 is 0.661 bits per heavy atom. The summed E-state index contributed by atoms with van der Waals surface area (Å²) in [6, 6.07) is -21.1. The van der Waals surface area contributed by atoms with Crippen LogP contribution in [0, 0.1) is 23.7 Å². The van der Waals surface area contributed by atoms with Crippen molar-refractivity contribution in [2.24, 2.45) is 79.5 Å². The monoisotopic (exact) mass is 1680 g/mol. The van der Waals surface area contributed by atoms with Crippen LogP contribution in [0.15, 0.2) is 9.98 Å². The number of nitrogens with two attached hydrogens (primary N) is 8. The molecule has 118 heavy (non-hydrogen) atoms. The van der Waals surface area contributed by atoms with Gasteiger partial charge in [0, 0.05) is 25.9 Å². The quantitative estimate of drug-likeness (QED) is 0.0153. The molecule has 0 aliphatic rings. The van der Waals surface area contributed by atoms with Crippen LogP contribution < -0.4 is 126 Å². The molecule has 49 nitrogen and oxygen atoms in total. The lowest BCUT2D eigenvalue weighted by molar-refractivity contribution is -0.143. The normalized spacial score (nSPS) is 14.7. The number of hydrogen-bond donors (Lipinski definition) is 26. The second kappa shape index (κ2) is 54.3. The Hall–Kier alpha value is -12.6. The molecule has 0 unspecified atom stereocenters. The van der Waals surface area contributed by atoms with Crippen LogP contribution >= 0.6 is 0 Å². The molecule has 15 atom stereocenters. The SMILES string of the molecule is CC[C@H](C)[C@H](NC(=O)[C@H](C)NC(=O)[C@H](CC(C)C)NC(=O)[C@H](CCC(N)=O)NC(=O)[C@H](CCCN=C(N)N)NC(=O)CNC(=O)[C@@H](NC(=O)[C@H](CCC(N)=O)NC(=O)CN)C(C)C)C(=O)N[C@@H](C)C(=O)NCC(=O)N[C@@H](CC(=O)O)C(=O)N[C@@H](CC(=O)O)C(=O)N[C@H](C(=O)N[C@@H](CC(N)=O)C(=O)N[C@@H](CCCN=C(N)N)C(=O)O)[C@@H](C)CC. The van der Waals surface area contributed by atoms with Crippen LogP contribution in [-0.4, -0.2) is 263 Å². The highest BCUT2D eigenvalue weighted by Crippen LogP contribution is 2.15. The van der Waals surface area contributed by atoms with Gasteiger partial charge in [0.2, 0.25) is 106 Å². The number of carboxylic acids is 3. The summed E-state index contributed by atoms with van der Waals surface area (Å²) in [5, 5.41) is 64.1. The molecule has 0 aromatic carbocycles. The number of rotatable bonds is 58. The van der Waals surface area contributed by atoms with Crippen molar-refractivity contribution in [2.75, 3.05) is 32.7 Å². The minimum atomic E-state index is -2.13. The Morgan fingerprint density at radius 1 is 0.331 bits per heavy atom. The van der Waals surface area contributed by atoms with E-state index in [4.69, 9.17) is 45.9 Å². The summed E-state index contributed by atoms with van der Waals surface area (Å²) in [4.78, 5) is 283. The smallest absolute Gasteiger partial charge is 0.326 e. The average Bonchev–Trinajstić information content (AvgIpc) is 0.854. The molecule has 0 heterocycles. The summed E-state index contributed by atoms with van der Waals surface area (Å²) < 4.78 is 0. The predicted octanol–water partition coefficient (Wildman–Crippen LogP) is -11.1. The van der Waals surface area contributed by atoms with Crippen LogP contribution in [-0.2, 0) is 101 Å². The third-order valence-electron chi connectivity index (χ3n) is 17.6. The summed E-state index contributed by atoms with van der Waals surface area (Å²) >= 11 is 0. The minimum absolute atomic E-state index is 0.0277. The van der Waals surface area contributed by atoms with E-state index in [1.165, 1.54) is 13.8 Å². The third-order valence-corrected chi connectivity index (χ3v) is 17.6.